The van der Waals surface area contributed by atoms with E-state index in [1.54, 1.807) is 0 Å². The predicted molar refractivity (Wildman–Crippen MR) is 131 cm³/mol. The van der Waals surface area contributed by atoms with Crippen molar-refractivity contribution in [2.24, 2.45) is 0 Å². The Hall–Kier alpha value is -0.870. The maximum atomic E-state index is 10.8. The van der Waals surface area contributed by atoms with Crippen LogP contribution < -0.4 is 0 Å². The van der Waals surface area contributed by atoms with Crippen molar-refractivity contribution in [3.05, 3.63) is 12.2 Å². The minimum Gasteiger partial charge on any atom is -0.458 e. The number of carbonyl (C=O) groups is 1. The van der Waals surface area contributed by atoms with Gasteiger partial charge < -0.3 is 14.6 Å². The smallest absolute Gasteiger partial charge is 0.303 e. The standard InChI is InChI=1S/C27H52O4/c1-3-4-5-6-7-8-9-10-11-12-13-14-15-16-17-18-19-20-21-22-23-30-25-27(24-28)31-26(2)29/h10-11,27-28H,3-9,12-25H2,1-2H3/b11-10-. The van der Waals surface area contributed by atoms with Gasteiger partial charge in [0, 0.05) is 13.5 Å². The molecule has 4 nitrogen and oxygen atoms in total. The monoisotopic (exact) mass is 440 g/mol. The third kappa shape index (κ3) is 25.3. The maximum Gasteiger partial charge on any atom is 0.303 e. The maximum absolute atomic E-state index is 10.8. The van der Waals surface area contributed by atoms with Crippen LogP contribution in [0, 0.1) is 0 Å². The molecule has 1 unspecified atom stereocenters. The van der Waals surface area contributed by atoms with Gasteiger partial charge in [-0.3, -0.25) is 4.79 Å². The molecule has 0 spiro atoms. The molecule has 1 atom stereocenters. The fraction of sp³-hybridized carbons (Fsp3) is 0.889. The summed E-state index contributed by atoms with van der Waals surface area (Å²) in [5, 5.41) is 9.09. The molecule has 0 radical (unpaired) electrons. The Kier molecular flexibility index (Phi) is 24.7. The summed E-state index contributed by atoms with van der Waals surface area (Å²) in [6.07, 6.45) is 28.1. The van der Waals surface area contributed by atoms with E-state index >= 15 is 0 Å². The van der Waals surface area contributed by atoms with Crippen LogP contribution in [0.5, 0.6) is 0 Å². The van der Waals surface area contributed by atoms with Crippen molar-refractivity contribution in [2.75, 3.05) is 19.8 Å². The van der Waals surface area contributed by atoms with Gasteiger partial charge >= 0.3 is 5.97 Å². The number of carbonyl (C=O) groups excluding carboxylic acids is 1. The minimum atomic E-state index is -0.529. The molecule has 0 rings (SSSR count). The van der Waals surface area contributed by atoms with E-state index in [1.807, 2.05) is 0 Å². The quantitative estimate of drug-likeness (QED) is 0.0957. The van der Waals surface area contributed by atoms with E-state index in [0.717, 1.165) is 6.42 Å². The third-order valence-electron chi connectivity index (χ3n) is 5.64. The van der Waals surface area contributed by atoms with Gasteiger partial charge in [-0.1, -0.05) is 103 Å². The number of hydrogen-bond donors (Lipinski definition) is 1. The second-order valence-electron chi connectivity index (χ2n) is 8.84. The normalized spacial score (nSPS) is 12.5. The van der Waals surface area contributed by atoms with E-state index in [4.69, 9.17) is 14.6 Å². The largest absolute Gasteiger partial charge is 0.458 e. The average molecular weight is 441 g/mol. The Bertz CT molecular complexity index is 395. The molecule has 184 valence electrons. The van der Waals surface area contributed by atoms with Crippen molar-refractivity contribution in [1.29, 1.82) is 0 Å². The average Bonchev–Trinajstić information content (AvgIpc) is 2.76. The van der Waals surface area contributed by atoms with Crippen LogP contribution in [0.4, 0.5) is 0 Å². The van der Waals surface area contributed by atoms with Gasteiger partial charge in [0.05, 0.1) is 13.2 Å². The molecule has 0 aromatic rings. The summed E-state index contributed by atoms with van der Waals surface area (Å²) in [6, 6.07) is 0. The number of aliphatic hydroxyl groups is 1. The van der Waals surface area contributed by atoms with Crippen molar-refractivity contribution >= 4 is 5.97 Å². The van der Waals surface area contributed by atoms with Crippen LogP contribution in [0.15, 0.2) is 12.2 Å². The summed E-state index contributed by atoms with van der Waals surface area (Å²) in [5.74, 6) is -0.377. The lowest BCUT2D eigenvalue weighted by atomic mass is 10.1. The molecule has 0 saturated carbocycles. The highest BCUT2D eigenvalue weighted by atomic mass is 16.6. The van der Waals surface area contributed by atoms with Crippen LogP contribution in [0.25, 0.3) is 0 Å². The topological polar surface area (TPSA) is 55.8 Å². The van der Waals surface area contributed by atoms with E-state index in [1.165, 1.54) is 116 Å². The summed E-state index contributed by atoms with van der Waals surface area (Å²) < 4.78 is 10.4. The van der Waals surface area contributed by atoms with Crippen molar-refractivity contribution in [1.82, 2.24) is 0 Å². The van der Waals surface area contributed by atoms with E-state index in [9.17, 15) is 4.79 Å². The molecule has 31 heavy (non-hydrogen) atoms. The van der Waals surface area contributed by atoms with Crippen molar-refractivity contribution < 1.29 is 19.4 Å². The molecule has 0 aliphatic heterocycles. The highest BCUT2D eigenvalue weighted by molar-refractivity contribution is 5.66. The van der Waals surface area contributed by atoms with Crippen LogP contribution in [-0.4, -0.2) is 37.0 Å². The van der Waals surface area contributed by atoms with Gasteiger partial charge in [-0.05, 0) is 32.1 Å². The molecule has 4 heteroatoms. The van der Waals surface area contributed by atoms with Gasteiger partial charge in [0.25, 0.3) is 0 Å². The zero-order valence-electron chi connectivity index (χ0n) is 20.8. The minimum absolute atomic E-state index is 0.185. The van der Waals surface area contributed by atoms with Gasteiger partial charge in [-0.2, -0.15) is 0 Å². The van der Waals surface area contributed by atoms with Crippen LogP contribution in [0.2, 0.25) is 0 Å². The Labute approximate surface area is 193 Å². The summed E-state index contributed by atoms with van der Waals surface area (Å²) in [5.41, 5.74) is 0. The highest BCUT2D eigenvalue weighted by Gasteiger charge is 2.10. The molecule has 0 heterocycles. The lowest BCUT2D eigenvalue weighted by molar-refractivity contribution is -0.152. The molecule has 1 N–H and O–H groups in total. The van der Waals surface area contributed by atoms with Gasteiger partial charge in [-0.25, -0.2) is 0 Å². The third-order valence-corrected chi connectivity index (χ3v) is 5.64. The first kappa shape index (κ1) is 30.1. The molecule has 0 bridgehead atoms. The van der Waals surface area contributed by atoms with Crippen LogP contribution >= 0.6 is 0 Å². The summed E-state index contributed by atoms with van der Waals surface area (Å²) in [7, 11) is 0. The van der Waals surface area contributed by atoms with Crippen molar-refractivity contribution in [2.45, 2.75) is 136 Å². The number of unbranched alkanes of at least 4 members (excludes halogenated alkanes) is 16. The zero-order chi connectivity index (χ0) is 22.8. The molecule has 0 aromatic heterocycles. The first-order chi connectivity index (χ1) is 15.2. The van der Waals surface area contributed by atoms with Crippen LogP contribution in [0.3, 0.4) is 0 Å². The fourth-order valence-corrected chi connectivity index (χ4v) is 3.73. The summed E-state index contributed by atoms with van der Waals surface area (Å²) in [4.78, 5) is 10.8. The first-order valence-corrected chi connectivity index (χ1v) is 13.2. The van der Waals surface area contributed by atoms with E-state index in [-0.39, 0.29) is 19.2 Å². The Morgan fingerprint density at radius 2 is 1.19 bits per heavy atom. The Morgan fingerprint density at radius 3 is 1.65 bits per heavy atom. The molecule has 0 saturated heterocycles. The zero-order valence-corrected chi connectivity index (χ0v) is 20.8. The fourth-order valence-electron chi connectivity index (χ4n) is 3.73. The number of aliphatic hydroxyl groups excluding tert-OH is 1. The van der Waals surface area contributed by atoms with Crippen molar-refractivity contribution in [3.8, 4) is 0 Å². The molecule has 0 aromatic carbocycles. The Morgan fingerprint density at radius 1 is 0.742 bits per heavy atom. The summed E-state index contributed by atoms with van der Waals surface area (Å²) in [6.45, 7) is 4.39. The lowest BCUT2D eigenvalue weighted by Gasteiger charge is -2.14. The molecule has 0 fully saturated rings. The van der Waals surface area contributed by atoms with E-state index in [2.05, 4.69) is 19.1 Å². The molecular formula is C27H52O4. The summed E-state index contributed by atoms with van der Waals surface area (Å²) >= 11 is 0. The van der Waals surface area contributed by atoms with Crippen LogP contribution in [0.1, 0.15) is 129 Å². The second-order valence-corrected chi connectivity index (χ2v) is 8.84. The SMILES string of the molecule is CCCCCCCC/C=C\CCCCCCCCCCCCOCC(CO)OC(C)=O. The number of hydrogen-bond acceptors (Lipinski definition) is 4. The molecule has 0 aliphatic carbocycles. The van der Waals surface area contributed by atoms with E-state index in [0.29, 0.717) is 6.61 Å². The van der Waals surface area contributed by atoms with Gasteiger partial charge in [0.1, 0.15) is 6.10 Å². The van der Waals surface area contributed by atoms with Gasteiger partial charge in [0.2, 0.25) is 0 Å². The highest BCUT2D eigenvalue weighted by Crippen LogP contribution is 2.12. The molecular weight excluding hydrogens is 388 g/mol. The second kappa shape index (κ2) is 25.4. The number of ether oxygens (including phenoxy) is 2. The van der Waals surface area contributed by atoms with Crippen LogP contribution in [-0.2, 0) is 14.3 Å². The predicted octanol–water partition coefficient (Wildman–Crippen LogP) is 7.52. The van der Waals surface area contributed by atoms with Gasteiger partial charge in [0.15, 0.2) is 0 Å². The number of allylic oxidation sites excluding steroid dienone is 2. The van der Waals surface area contributed by atoms with Crippen molar-refractivity contribution in [3.63, 3.8) is 0 Å². The Balaban J connectivity index is 3.18. The molecule has 0 aliphatic rings. The van der Waals surface area contributed by atoms with Gasteiger partial charge in [-0.15, -0.1) is 0 Å². The molecule has 0 amide bonds. The number of rotatable bonds is 24. The first-order valence-electron chi connectivity index (χ1n) is 13.2. The number of esters is 1. The van der Waals surface area contributed by atoms with E-state index < -0.39 is 6.10 Å². The lowest BCUT2D eigenvalue weighted by Crippen LogP contribution is -2.26.